The van der Waals surface area contributed by atoms with Crippen molar-refractivity contribution in [3.8, 4) is 5.75 Å². The normalized spacial score (nSPS) is 15.9. The van der Waals surface area contributed by atoms with E-state index in [1.165, 1.54) is 13.1 Å². The summed E-state index contributed by atoms with van der Waals surface area (Å²) in [5.74, 6) is -1.09. The van der Waals surface area contributed by atoms with Crippen LogP contribution in [-0.2, 0) is 13.0 Å². The Kier molecular flexibility index (Phi) is 5.64. The third-order valence-corrected chi connectivity index (χ3v) is 6.40. The first kappa shape index (κ1) is 22.2. The number of pyridine rings is 1. The van der Waals surface area contributed by atoms with E-state index >= 15 is 4.39 Å². The maximum Gasteiger partial charge on any atom is 0.269 e. The largest absolute Gasteiger partial charge is 0.491 e. The summed E-state index contributed by atoms with van der Waals surface area (Å²) in [7, 11) is 1.46. The number of H-pyrrole nitrogens is 1. The number of nitrogens with zero attached hydrogens (tertiary/aromatic N) is 4. The number of aryl methyl sites for hydroxylation is 1. The summed E-state index contributed by atoms with van der Waals surface area (Å²) in [6.45, 7) is 4.54. The molecule has 11 heteroatoms. The monoisotopic (exact) mass is 470 g/mol. The summed E-state index contributed by atoms with van der Waals surface area (Å²) in [4.78, 5) is 38.3. The number of rotatable bonds is 4. The number of hydrogen-bond acceptors (Lipinski definition) is 7. The van der Waals surface area contributed by atoms with E-state index in [0.717, 1.165) is 5.56 Å². The van der Waals surface area contributed by atoms with Gasteiger partial charge in [0, 0.05) is 57.3 Å². The summed E-state index contributed by atoms with van der Waals surface area (Å²) < 4.78 is 35.8. The smallest absolute Gasteiger partial charge is 0.269 e. The number of fused-ring (bicyclic) bond motifs is 3. The molecule has 1 fully saturated rings. The fourth-order valence-electron chi connectivity index (χ4n) is 4.55. The number of aromatic nitrogens is 3. The van der Waals surface area contributed by atoms with Crippen LogP contribution in [0.4, 0.5) is 14.5 Å². The van der Waals surface area contributed by atoms with E-state index in [1.54, 1.807) is 13.0 Å². The second kappa shape index (κ2) is 8.64. The Balaban J connectivity index is 1.36. The third kappa shape index (κ3) is 3.75. The molecule has 5 rings (SSSR count). The number of carbonyl (C=O) groups is 1. The van der Waals surface area contributed by atoms with Crippen molar-refractivity contribution < 1.29 is 18.3 Å². The quantitative estimate of drug-likeness (QED) is 0.558. The van der Waals surface area contributed by atoms with Crippen LogP contribution in [0.5, 0.6) is 5.75 Å². The maximum atomic E-state index is 15.5. The molecule has 0 saturated carbocycles. The Morgan fingerprint density at radius 1 is 1.21 bits per heavy atom. The first-order chi connectivity index (χ1) is 16.4. The van der Waals surface area contributed by atoms with Gasteiger partial charge in [-0.15, -0.1) is 0 Å². The Labute approximate surface area is 193 Å². The molecule has 0 bridgehead atoms. The highest BCUT2D eigenvalue weighted by Gasteiger charge is 2.29. The van der Waals surface area contributed by atoms with Crippen molar-refractivity contribution in [2.24, 2.45) is 0 Å². The van der Waals surface area contributed by atoms with Gasteiger partial charge in [0.15, 0.2) is 11.6 Å². The molecule has 0 radical (unpaired) electrons. The van der Waals surface area contributed by atoms with Crippen LogP contribution >= 0.6 is 0 Å². The van der Waals surface area contributed by atoms with Gasteiger partial charge in [0.1, 0.15) is 22.4 Å². The molecule has 2 aliphatic heterocycles. The summed E-state index contributed by atoms with van der Waals surface area (Å²) >= 11 is 0. The molecule has 0 unspecified atom stereocenters. The third-order valence-electron chi connectivity index (χ3n) is 6.40. The van der Waals surface area contributed by atoms with E-state index in [9.17, 15) is 14.0 Å². The van der Waals surface area contributed by atoms with Gasteiger partial charge >= 0.3 is 0 Å². The molecule has 2 aromatic heterocycles. The topological polar surface area (TPSA) is 103 Å². The summed E-state index contributed by atoms with van der Waals surface area (Å²) in [5.41, 5.74) is 1.88. The molecule has 1 saturated heterocycles. The molecule has 2 N–H and O–H groups in total. The van der Waals surface area contributed by atoms with E-state index in [0.29, 0.717) is 68.3 Å². The van der Waals surface area contributed by atoms with Gasteiger partial charge in [-0.2, -0.15) is 4.39 Å². The lowest BCUT2D eigenvalue weighted by Gasteiger charge is -2.36. The van der Waals surface area contributed by atoms with Crippen molar-refractivity contribution in [1.29, 1.82) is 0 Å². The van der Waals surface area contributed by atoms with Gasteiger partial charge in [0.2, 0.25) is 5.95 Å². The van der Waals surface area contributed by atoms with Crippen LogP contribution in [0.15, 0.2) is 16.9 Å². The lowest BCUT2D eigenvalue weighted by Crippen LogP contribution is -2.46. The van der Waals surface area contributed by atoms with Gasteiger partial charge in [-0.3, -0.25) is 14.5 Å². The van der Waals surface area contributed by atoms with Crippen LogP contribution in [0.2, 0.25) is 0 Å². The number of amides is 1. The van der Waals surface area contributed by atoms with E-state index in [-0.39, 0.29) is 16.9 Å². The van der Waals surface area contributed by atoms with E-state index in [4.69, 9.17) is 4.74 Å². The van der Waals surface area contributed by atoms with Crippen molar-refractivity contribution in [2.45, 2.75) is 19.9 Å². The van der Waals surface area contributed by atoms with Crippen LogP contribution in [0.3, 0.4) is 0 Å². The Hall–Kier alpha value is -3.60. The number of benzene rings is 1. The number of aromatic amines is 1. The number of nitrogens with one attached hydrogen (secondary N) is 2. The molecule has 1 amide bonds. The van der Waals surface area contributed by atoms with Gasteiger partial charge in [0.25, 0.3) is 11.5 Å². The highest BCUT2D eigenvalue weighted by molar-refractivity contribution is 5.92. The van der Waals surface area contributed by atoms with E-state index in [1.807, 2.05) is 4.90 Å². The predicted molar refractivity (Wildman–Crippen MR) is 121 cm³/mol. The maximum absolute atomic E-state index is 15.5. The van der Waals surface area contributed by atoms with Gasteiger partial charge in [-0.05, 0) is 19.1 Å². The number of ether oxygens (including phenoxy) is 1. The van der Waals surface area contributed by atoms with Crippen LogP contribution in [0.25, 0.3) is 11.0 Å². The minimum Gasteiger partial charge on any atom is -0.491 e. The average Bonchev–Trinajstić information content (AvgIpc) is 3.33. The molecule has 1 aromatic carbocycles. The first-order valence-corrected chi connectivity index (χ1v) is 11.1. The van der Waals surface area contributed by atoms with E-state index < -0.39 is 23.2 Å². The fourth-order valence-corrected chi connectivity index (χ4v) is 4.55. The SMILES string of the molecule is CNC(=O)c1ccc(N2CCN(Cc3c4c(c5nc(C)c(=O)[nH]c5c3F)OCC4)CC2)c(F)n1. The van der Waals surface area contributed by atoms with Crippen molar-refractivity contribution >= 4 is 22.6 Å². The van der Waals surface area contributed by atoms with Gasteiger partial charge in [0.05, 0.1) is 12.3 Å². The molecule has 178 valence electrons. The number of piperazine rings is 1. The molecule has 2 aliphatic rings. The van der Waals surface area contributed by atoms with Crippen LogP contribution in [-0.4, -0.2) is 65.6 Å². The number of carbonyl (C=O) groups excluding carboxylic acids is 1. The summed E-state index contributed by atoms with van der Waals surface area (Å²) in [5, 5.41) is 2.42. The molecule has 0 aliphatic carbocycles. The van der Waals surface area contributed by atoms with Crippen molar-refractivity contribution in [1.82, 2.24) is 25.2 Å². The molecule has 4 heterocycles. The highest BCUT2D eigenvalue weighted by atomic mass is 19.1. The van der Waals surface area contributed by atoms with Crippen molar-refractivity contribution in [3.63, 3.8) is 0 Å². The standard InChI is InChI=1S/C23H24F2N6O3/c1-12-22(32)29-18-17(24)14(13-5-10-34-20(13)19(18)27-12)11-30-6-8-31(9-7-30)16-4-3-15(23(33)26-2)28-21(16)25/h3-4H,5-11H2,1-2H3,(H,26,33)(H,29,32). The molecule has 34 heavy (non-hydrogen) atoms. The van der Waals surface area contributed by atoms with Crippen LogP contribution < -0.4 is 20.5 Å². The zero-order valence-corrected chi connectivity index (χ0v) is 18.9. The van der Waals surface area contributed by atoms with Gasteiger partial charge < -0.3 is 19.9 Å². The number of hydrogen-bond donors (Lipinski definition) is 2. The molecular weight excluding hydrogens is 446 g/mol. The van der Waals surface area contributed by atoms with E-state index in [2.05, 4.69) is 25.2 Å². The number of anilines is 1. The lowest BCUT2D eigenvalue weighted by atomic mass is 10.0. The average molecular weight is 470 g/mol. The summed E-state index contributed by atoms with van der Waals surface area (Å²) in [6.07, 6.45) is 0.575. The van der Waals surface area contributed by atoms with Gasteiger partial charge in [-0.1, -0.05) is 0 Å². The van der Waals surface area contributed by atoms with Crippen LogP contribution in [0.1, 0.15) is 27.3 Å². The second-order valence-electron chi connectivity index (χ2n) is 8.42. The van der Waals surface area contributed by atoms with Crippen molar-refractivity contribution in [2.75, 3.05) is 44.7 Å². The molecule has 9 nitrogen and oxygen atoms in total. The molecule has 0 spiro atoms. The Morgan fingerprint density at radius 2 is 1.97 bits per heavy atom. The molecular formula is C23H24F2N6O3. The zero-order valence-electron chi connectivity index (χ0n) is 18.9. The first-order valence-electron chi connectivity index (χ1n) is 11.1. The zero-order chi connectivity index (χ0) is 24.0. The number of halogens is 2. The summed E-state index contributed by atoms with van der Waals surface area (Å²) in [6, 6.07) is 3.05. The van der Waals surface area contributed by atoms with Crippen molar-refractivity contribution in [3.05, 3.63) is 56.8 Å². The highest BCUT2D eigenvalue weighted by Crippen LogP contribution is 2.37. The Bertz CT molecular complexity index is 1350. The Morgan fingerprint density at radius 3 is 2.68 bits per heavy atom. The minimum atomic E-state index is -0.697. The predicted octanol–water partition coefficient (Wildman–Crippen LogP) is 1.52. The lowest BCUT2D eigenvalue weighted by molar-refractivity contribution is 0.0957. The fraction of sp³-hybridized carbons (Fsp3) is 0.391. The van der Waals surface area contributed by atoms with Crippen LogP contribution in [0, 0.1) is 18.7 Å². The second-order valence-corrected chi connectivity index (χ2v) is 8.42. The molecule has 3 aromatic rings. The minimum absolute atomic E-state index is 0.0213. The molecule has 0 atom stereocenters. The van der Waals surface area contributed by atoms with Gasteiger partial charge in [-0.25, -0.2) is 14.4 Å².